The van der Waals surface area contributed by atoms with Crippen molar-refractivity contribution in [2.75, 3.05) is 19.4 Å². The number of carbonyl (C=O) groups is 2. The van der Waals surface area contributed by atoms with E-state index < -0.39 is 5.91 Å². The van der Waals surface area contributed by atoms with Crippen LogP contribution in [0.15, 0.2) is 24.3 Å². The molecule has 26 heavy (non-hydrogen) atoms. The zero-order valence-electron chi connectivity index (χ0n) is 15.5. The molecule has 1 aromatic heterocycles. The summed E-state index contributed by atoms with van der Waals surface area (Å²) < 4.78 is 0. The van der Waals surface area contributed by atoms with E-state index >= 15 is 0 Å². The highest BCUT2D eigenvalue weighted by atomic mass is 32.1. The maximum absolute atomic E-state index is 12.8. The SMILES string of the molecule is CC1CCc2sc(C(=O)Nc3cc(C(N)=O)ccc3CN(C)C)cc2C1. The van der Waals surface area contributed by atoms with Gasteiger partial charge in [0.1, 0.15) is 0 Å². The van der Waals surface area contributed by atoms with E-state index in [9.17, 15) is 9.59 Å². The molecule has 0 bridgehead atoms. The van der Waals surface area contributed by atoms with Crippen LogP contribution in [0.4, 0.5) is 5.69 Å². The predicted octanol–water partition coefficient (Wildman–Crippen LogP) is 3.29. The van der Waals surface area contributed by atoms with Gasteiger partial charge in [-0.1, -0.05) is 13.0 Å². The van der Waals surface area contributed by atoms with Gasteiger partial charge in [-0.3, -0.25) is 9.59 Å². The number of benzene rings is 1. The Morgan fingerprint density at radius 3 is 2.77 bits per heavy atom. The topological polar surface area (TPSA) is 75.4 Å². The summed E-state index contributed by atoms with van der Waals surface area (Å²) in [4.78, 5) is 28.4. The number of nitrogens with one attached hydrogen (secondary N) is 1. The maximum atomic E-state index is 12.8. The number of thiophene rings is 1. The molecule has 1 atom stereocenters. The lowest BCUT2D eigenvalue weighted by Crippen LogP contribution is -2.18. The third-order valence-electron chi connectivity index (χ3n) is 4.68. The standard InChI is InChI=1S/C20H25N3O2S/c1-12-4-7-17-15(8-12)10-18(26-17)20(25)22-16-9-13(19(21)24)5-6-14(16)11-23(2)3/h5-6,9-10,12H,4,7-8,11H2,1-3H3,(H2,21,24)(H,22,25). The van der Waals surface area contributed by atoms with Gasteiger partial charge >= 0.3 is 0 Å². The Morgan fingerprint density at radius 1 is 1.31 bits per heavy atom. The lowest BCUT2D eigenvalue weighted by atomic mass is 9.90. The summed E-state index contributed by atoms with van der Waals surface area (Å²) in [6, 6.07) is 7.22. The van der Waals surface area contributed by atoms with Crippen LogP contribution in [0, 0.1) is 5.92 Å². The first-order chi connectivity index (χ1) is 12.3. The molecule has 1 aromatic carbocycles. The summed E-state index contributed by atoms with van der Waals surface area (Å²) in [6.07, 6.45) is 3.28. The Morgan fingerprint density at radius 2 is 2.08 bits per heavy atom. The Hall–Kier alpha value is -2.18. The zero-order valence-corrected chi connectivity index (χ0v) is 16.3. The minimum absolute atomic E-state index is 0.126. The van der Waals surface area contributed by atoms with Gasteiger partial charge < -0.3 is 16.0 Å². The Labute approximate surface area is 158 Å². The second kappa shape index (κ2) is 7.60. The fraction of sp³-hybridized carbons (Fsp3) is 0.400. The van der Waals surface area contributed by atoms with Gasteiger partial charge in [-0.15, -0.1) is 11.3 Å². The molecule has 0 saturated carbocycles. The summed E-state index contributed by atoms with van der Waals surface area (Å²) in [6.45, 7) is 2.91. The molecule has 3 N–H and O–H groups in total. The van der Waals surface area contributed by atoms with Crippen molar-refractivity contribution >= 4 is 28.8 Å². The molecule has 2 amide bonds. The number of primary amides is 1. The number of rotatable bonds is 5. The minimum atomic E-state index is -0.502. The largest absolute Gasteiger partial charge is 0.366 e. The van der Waals surface area contributed by atoms with Crippen molar-refractivity contribution in [2.24, 2.45) is 11.7 Å². The van der Waals surface area contributed by atoms with Crippen LogP contribution in [0.5, 0.6) is 0 Å². The molecule has 3 rings (SSSR count). The second-order valence-corrected chi connectivity index (χ2v) is 8.47. The van der Waals surface area contributed by atoms with Gasteiger partial charge in [0.25, 0.3) is 5.91 Å². The third-order valence-corrected chi connectivity index (χ3v) is 5.92. The van der Waals surface area contributed by atoms with Crippen molar-refractivity contribution in [1.29, 1.82) is 0 Å². The molecular formula is C20H25N3O2S. The molecule has 138 valence electrons. The number of nitrogens with two attached hydrogens (primary N) is 1. The van der Waals surface area contributed by atoms with Gasteiger partial charge in [0.15, 0.2) is 0 Å². The van der Waals surface area contributed by atoms with Crippen molar-refractivity contribution in [1.82, 2.24) is 4.90 Å². The van der Waals surface area contributed by atoms with Crippen LogP contribution < -0.4 is 11.1 Å². The van der Waals surface area contributed by atoms with Gasteiger partial charge in [0.05, 0.1) is 4.88 Å². The zero-order chi connectivity index (χ0) is 18.8. The van der Waals surface area contributed by atoms with Gasteiger partial charge in [-0.2, -0.15) is 0 Å². The van der Waals surface area contributed by atoms with E-state index in [0.29, 0.717) is 23.7 Å². The van der Waals surface area contributed by atoms with Crippen LogP contribution >= 0.6 is 11.3 Å². The molecule has 0 fully saturated rings. The lowest BCUT2D eigenvalue weighted by Gasteiger charge is -2.16. The summed E-state index contributed by atoms with van der Waals surface area (Å²) in [5, 5.41) is 2.98. The first-order valence-corrected chi connectivity index (χ1v) is 9.65. The number of hydrogen-bond donors (Lipinski definition) is 2. The average Bonchev–Trinajstić information content (AvgIpc) is 2.99. The molecule has 1 aliphatic rings. The van der Waals surface area contributed by atoms with E-state index in [4.69, 9.17) is 5.73 Å². The normalized spacial score (nSPS) is 16.4. The van der Waals surface area contributed by atoms with Crippen molar-refractivity contribution in [3.63, 3.8) is 0 Å². The monoisotopic (exact) mass is 371 g/mol. The van der Waals surface area contributed by atoms with Crippen LogP contribution in [0.1, 0.15) is 49.4 Å². The fourth-order valence-corrected chi connectivity index (χ4v) is 4.43. The summed E-state index contributed by atoms with van der Waals surface area (Å²) >= 11 is 1.58. The molecule has 0 aliphatic heterocycles. The number of nitrogens with zero attached hydrogens (tertiary/aromatic N) is 1. The lowest BCUT2D eigenvalue weighted by molar-refractivity contribution is 0.0996. The van der Waals surface area contributed by atoms with Gasteiger partial charge in [0.2, 0.25) is 5.91 Å². The highest BCUT2D eigenvalue weighted by Crippen LogP contribution is 2.32. The highest BCUT2D eigenvalue weighted by molar-refractivity contribution is 7.14. The first kappa shape index (κ1) is 18.6. The van der Waals surface area contributed by atoms with Crippen LogP contribution in [-0.4, -0.2) is 30.8 Å². The summed E-state index contributed by atoms with van der Waals surface area (Å²) in [7, 11) is 3.92. The minimum Gasteiger partial charge on any atom is -0.366 e. The van der Waals surface area contributed by atoms with Crippen LogP contribution in [0.3, 0.4) is 0 Å². The van der Waals surface area contributed by atoms with Crippen molar-refractivity contribution in [3.05, 3.63) is 50.7 Å². The number of anilines is 1. The van der Waals surface area contributed by atoms with Crippen molar-refractivity contribution in [2.45, 2.75) is 32.7 Å². The molecule has 5 nitrogen and oxygen atoms in total. The summed E-state index contributed by atoms with van der Waals surface area (Å²) in [5.74, 6) is 0.0445. The van der Waals surface area contributed by atoms with E-state index in [0.717, 1.165) is 23.3 Å². The number of fused-ring (bicyclic) bond motifs is 1. The molecule has 6 heteroatoms. The molecular weight excluding hydrogens is 346 g/mol. The van der Waals surface area contributed by atoms with E-state index in [2.05, 4.69) is 12.2 Å². The second-order valence-electron chi connectivity index (χ2n) is 7.34. The average molecular weight is 372 g/mol. The van der Waals surface area contributed by atoms with Crippen molar-refractivity contribution < 1.29 is 9.59 Å². The van der Waals surface area contributed by atoms with E-state index in [1.54, 1.807) is 23.5 Å². The van der Waals surface area contributed by atoms with Crippen LogP contribution in [0.2, 0.25) is 0 Å². The maximum Gasteiger partial charge on any atom is 0.265 e. The Kier molecular flexibility index (Phi) is 5.44. The Bertz CT molecular complexity index is 842. The molecule has 0 radical (unpaired) electrons. The molecule has 1 heterocycles. The number of carbonyl (C=O) groups excluding carboxylic acids is 2. The van der Waals surface area contributed by atoms with Gasteiger partial charge in [-0.05, 0) is 68.6 Å². The smallest absolute Gasteiger partial charge is 0.265 e. The fourth-order valence-electron chi connectivity index (χ4n) is 3.33. The molecule has 2 aromatic rings. The predicted molar refractivity (Wildman–Crippen MR) is 106 cm³/mol. The number of amides is 2. The molecule has 1 unspecified atom stereocenters. The summed E-state index contributed by atoms with van der Waals surface area (Å²) in [5.41, 5.74) is 8.68. The highest BCUT2D eigenvalue weighted by Gasteiger charge is 2.21. The molecule has 0 spiro atoms. The molecule has 1 aliphatic carbocycles. The third kappa shape index (κ3) is 4.14. The van der Waals surface area contributed by atoms with Crippen molar-refractivity contribution in [3.8, 4) is 0 Å². The van der Waals surface area contributed by atoms with E-state index in [1.807, 2.05) is 31.1 Å². The van der Waals surface area contributed by atoms with Crippen LogP contribution in [-0.2, 0) is 19.4 Å². The van der Waals surface area contributed by atoms with Gasteiger partial charge in [0, 0.05) is 22.7 Å². The quantitative estimate of drug-likeness (QED) is 0.847. The van der Waals surface area contributed by atoms with Crippen LogP contribution in [0.25, 0.3) is 0 Å². The first-order valence-electron chi connectivity index (χ1n) is 8.84. The Balaban J connectivity index is 1.86. The number of hydrogen-bond acceptors (Lipinski definition) is 4. The molecule has 0 saturated heterocycles. The van der Waals surface area contributed by atoms with Gasteiger partial charge in [-0.25, -0.2) is 0 Å². The van der Waals surface area contributed by atoms with E-state index in [-0.39, 0.29) is 5.91 Å². The van der Waals surface area contributed by atoms with E-state index in [1.165, 1.54) is 16.9 Å². The number of aryl methyl sites for hydroxylation is 1.